The Morgan fingerprint density at radius 2 is 2.00 bits per heavy atom. The zero-order valence-electron chi connectivity index (χ0n) is 12.7. The number of benzene rings is 1. The van der Waals surface area contributed by atoms with Crippen molar-refractivity contribution in [1.29, 1.82) is 0 Å². The van der Waals surface area contributed by atoms with Crippen molar-refractivity contribution in [2.45, 2.75) is 45.0 Å². The van der Waals surface area contributed by atoms with E-state index < -0.39 is 5.97 Å². The number of aromatic hydroxyl groups is 1. The van der Waals surface area contributed by atoms with Crippen LogP contribution in [0.5, 0.6) is 5.75 Å². The van der Waals surface area contributed by atoms with Crippen LogP contribution in [0.4, 0.5) is 0 Å². The van der Waals surface area contributed by atoms with Gasteiger partial charge in [-0.1, -0.05) is 13.8 Å². The summed E-state index contributed by atoms with van der Waals surface area (Å²) in [5.74, 6) is -0.305. The largest absolute Gasteiger partial charge is 0.508 e. The van der Waals surface area contributed by atoms with Gasteiger partial charge in [0.2, 0.25) is 0 Å². The van der Waals surface area contributed by atoms with Gasteiger partial charge in [-0.3, -0.25) is 0 Å². The van der Waals surface area contributed by atoms with E-state index in [0.29, 0.717) is 18.8 Å². The fraction of sp³-hybridized carbons (Fsp3) is 0.562. The summed E-state index contributed by atoms with van der Waals surface area (Å²) in [6.45, 7) is 6.98. The van der Waals surface area contributed by atoms with Crippen molar-refractivity contribution < 1.29 is 24.1 Å². The zero-order valence-corrected chi connectivity index (χ0v) is 12.7. The van der Waals surface area contributed by atoms with E-state index in [1.165, 1.54) is 24.3 Å². The second-order valence-corrected chi connectivity index (χ2v) is 5.16. The minimum absolute atomic E-state index is 0.118. The Kier molecular flexibility index (Phi) is 4.85. The molecular weight excluding hydrogens is 272 g/mol. The highest BCUT2D eigenvalue weighted by Crippen LogP contribution is 2.38. The highest BCUT2D eigenvalue weighted by Gasteiger charge is 2.52. The molecular formula is C16H22O5. The first kappa shape index (κ1) is 15.8. The van der Waals surface area contributed by atoms with Gasteiger partial charge in [0.1, 0.15) is 11.9 Å². The van der Waals surface area contributed by atoms with Crippen LogP contribution in [0.15, 0.2) is 24.3 Å². The van der Waals surface area contributed by atoms with Crippen molar-refractivity contribution in [3.8, 4) is 5.75 Å². The highest BCUT2D eigenvalue weighted by molar-refractivity contribution is 5.89. The molecule has 0 spiro atoms. The van der Waals surface area contributed by atoms with Gasteiger partial charge in [-0.05, 0) is 31.2 Å². The number of hydrogen-bond donors (Lipinski definition) is 1. The summed E-state index contributed by atoms with van der Waals surface area (Å²) < 4.78 is 16.7. The summed E-state index contributed by atoms with van der Waals surface area (Å²) in [6, 6.07) is 5.97. The third-order valence-corrected chi connectivity index (χ3v) is 3.77. The molecule has 0 bridgehead atoms. The monoisotopic (exact) mass is 294 g/mol. The van der Waals surface area contributed by atoms with Gasteiger partial charge in [0, 0.05) is 6.42 Å². The summed E-state index contributed by atoms with van der Waals surface area (Å²) in [6.07, 6.45) is 0.271. The minimum Gasteiger partial charge on any atom is -0.508 e. The molecule has 0 saturated carbocycles. The second kappa shape index (κ2) is 6.45. The van der Waals surface area contributed by atoms with Crippen LogP contribution < -0.4 is 0 Å². The van der Waals surface area contributed by atoms with Gasteiger partial charge in [0.15, 0.2) is 6.10 Å². The lowest BCUT2D eigenvalue weighted by molar-refractivity contribution is -0.0253. The van der Waals surface area contributed by atoms with E-state index in [2.05, 4.69) is 0 Å². The molecule has 2 saturated heterocycles. The normalized spacial score (nSPS) is 30.2. The molecule has 5 nitrogen and oxygen atoms in total. The first-order valence-corrected chi connectivity index (χ1v) is 7.34. The molecule has 5 heteroatoms. The van der Waals surface area contributed by atoms with E-state index in [9.17, 15) is 9.90 Å². The SMILES string of the molecule is CC.C[C@@]12CCO[C@@H]1[C@H](OC(=O)c1ccc(O)cc1)CO2. The van der Waals surface area contributed by atoms with Crippen LogP contribution in [0.2, 0.25) is 0 Å². The summed E-state index contributed by atoms with van der Waals surface area (Å²) in [4.78, 5) is 12.0. The molecule has 0 aliphatic carbocycles. The van der Waals surface area contributed by atoms with Crippen molar-refractivity contribution in [2.75, 3.05) is 13.2 Å². The lowest BCUT2D eigenvalue weighted by Crippen LogP contribution is -2.38. The molecule has 2 aliphatic heterocycles. The number of carbonyl (C=O) groups is 1. The van der Waals surface area contributed by atoms with Gasteiger partial charge in [0.05, 0.1) is 24.4 Å². The number of phenolic OH excluding ortho intramolecular Hbond substituents is 1. The molecule has 1 aromatic carbocycles. The van der Waals surface area contributed by atoms with Crippen LogP contribution in [0.1, 0.15) is 37.6 Å². The van der Waals surface area contributed by atoms with Crippen molar-refractivity contribution >= 4 is 5.97 Å². The fourth-order valence-electron chi connectivity index (χ4n) is 2.62. The molecule has 1 aromatic rings. The third kappa shape index (κ3) is 3.19. The predicted octanol–water partition coefficient (Wildman–Crippen LogP) is 2.52. The molecule has 2 heterocycles. The average Bonchev–Trinajstić information content (AvgIpc) is 3.00. The number of fused-ring (bicyclic) bond motifs is 1. The Hall–Kier alpha value is -1.59. The third-order valence-electron chi connectivity index (χ3n) is 3.77. The highest BCUT2D eigenvalue weighted by atomic mass is 16.6. The van der Waals surface area contributed by atoms with Gasteiger partial charge in [-0.15, -0.1) is 0 Å². The van der Waals surface area contributed by atoms with Gasteiger partial charge in [0.25, 0.3) is 0 Å². The smallest absolute Gasteiger partial charge is 0.338 e. The van der Waals surface area contributed by atoms with Gasteiger partial charge in [-0.2, -0.15) is 0 Å². The molecule has 0 unspecified atom stereocenters. The second-order valence-electron chi connectivity index (χ2n) is 5.16. The van der Waals surface area contributed by atoms with E-state index in [4.69, 9.17) is 14.2 Å². The average molecular weight is 294 g/mol. The maximum Gasteiger partial charge on any atom is 0.338 e. The molecule has 2 aliphatic rings. The van der Waals surface area contributed by atoms with Crippen LogP contribution in [0, 0.1) is 0 Å². The summed E-state index contributed by atoms with van der Waals surface area (Å²) >= 11 is 0. The predicted molar refractivity (Wildman–Crippen MR) is 77.4 cm³/mol. The standard InChI is InChI=1S/C14H16O5.C2H6/c1-14-6-7-17-12(14)11(8-18-14)19-13(16)9-2-4-10(15)5-3-9;1-2/h2-5,11-12,15H,6-8H2,1H3;1-2H3/t11-,12-,14-;/m1./s1. The number of rotatable bonds is 2. The molecule has 21 heavy (non-hydrogen) atoms. The van der Waals surface area contributed by atoms with Gasteiger partial charge >= 0.3 is 5.97 Å². The van der Waals surface area contributed by atoms with Crippen molar-refractivity contribution in [3.63, 3.8) is 0 Å². The first-order chi connectivity index (χ1) is 10.1. The van der Waals surface area contributed by atoms with Crippen LogP contribution in [0.25, 0.3) is 0 Å². The quantitative estimate of drug-likeness (QED) is 0.849. The van der Waals surface area contributed by atoms with E-state index in [-0.39, 0.29) is 23.6 Å². The Morgan fingerprint density at radius 1 is 1.33 bits per heavy atom. The number of phenols is 1. The zero-order chi connectivity index (χ0) is 15.5. The summed E-state index contributed by atoms with van der Waals surface area (Å²) in [5, 5.41) is 9.19. The van der Waals surface area contributed by atoms with E-state index >= 15 is 0 Å². The number of ether oxygens (including phenoxy) is 3. The van der Waals surface area contributed by atoms with Gasteiger partial charge in [-0.25, -0.2) is 4.79 Å². The topological polar surface area (TPSA) is 65.0 Å². The summed E-state index contributed by atoms with van der Waals surface area (Å²) in [7, 11) is 0. The van der Waals surface area contributed by atoms with Crippen molar-refractivity contribution in [1.82, 2.24) is 0 Å². The molecule has 0 amide bonds. The van der Waals surface area contributed by atoms with Gasteiger partial charge < -0.3 is 19.3 Å². The molecule has 3 rings (SSSR count). The molecule has 3 atom stereocenters. The Bertz CT molecular complexity index is 484. The fourth-order valence-corrected chi connectivity index (χ4v) is 2.62. The van der Waals surface area contributed by atoms with Crippen LogP contribution >= 0.6 is 0 Å². The Balaban J connectivity index is 0.000000774. The number of carbonyl (C=O) groups excluding carboxylic acids is 1. The lowest BCUT2D eigenvalue weighted by Gasteiger charge is -2.22. The number of esters is 1. The van der Waals surface area contributed by atoms with E-state index in [1.54, 1.807) is 0 Å². The van der Waals surface area contributed by atoms with Crippen molar-refractivity contribution in [2.24, 2.45) is 0 Å². The maximum atomic E-state index is 12.0. The van der Waals surface area contributed by atoms with E-state index in [1.807, 2.05) is 20.8 Å². The maximum absolute atomic E-state index is 12.0. The lowest BCUT2D eigenvalue weighted by atomic mass is 9.97. The molecule has 0 aromatic heterocycles. The number of hydrogen-bond acceptors (Lipinski definition) is 5. The van der Waals surface area contributed by atoms with Crippen LogP contribution in [-0.2, 0) is 14.2 Å². The summed E-state index contributed by atoms with van der Waals surface area (Å²) in [5.41, 5.74) is 0.0734. The molecule has 1 N–H and O–H groups in total. The van der Waals surface area contributed by atoms with Crippen molar-refractivity contribution in [3.05, 3.63) is 29.8 Å². The van der Waals surface area contributed by atoms with E-state index in [0.717, 1.165) is 6.42 Å². The van der Waals surface area contributed by atoms with Crippen LogP contribution in [-0.4, -0.2) is 42.1 Å². The molecule has 2 fully saturated rings. The molecule has 116 valence electrons. The first-order valence-electron chi connectivity index (χ1n) is 7.34. The Labute approximate surface area is 124 Å². The Morgan fingerprint density at radius 3 is 2.67 bits per heavy atom. The minimum atomic E-state index is -0.423. The molecule has 0 radical (unpaired) electrons. The van der Waals surface area contributed by atoms with Crippen LogP contribution in [0.3, 0.4) is 0 Å².